The number of rotatable bonds is 4. The van der Waals surface area contributed by atoms with E-state index >= 15 is 0 Å². The molecule has 0 saturated carbocycles. The first kappa shape index (κ1) is 13.4. The van der Waals surface area contributed by atoms with Crippen molar-refractivity contribution < 1.29 is 4.42 Å². The summed E-state index contributed by atoms with van der Waals surface area (Å²) in [4.78, 5) is 5.97. The monoisotopic (exact) mass is 303 g/mol. The van der Waals surface area contributed by atoms with Crippen LogP contribution in [0.15, 0.2) is 71.3 Å². The average Bonchev–Trinajstić information content (AvgIpc) is 3.27. The van der Waals surface area contributed by atoms with Crippen LogP contribution in [0.3, 0.4) is 0 Å². The minimum atomic E-state index is 0.413. The van der Waals surface area contributed by atoms with Crippen molar-refractivity contribution in [2.45, 2.75) is 6.54 Å². The highest BCUT2D eigenvalue weighted by atomic mass is 16.3. The van der Waals surface area contributed by atoms with Crippen LogP contribution in [0.1, 0.15) is 5.69 Å². The lowest BCUT2D eigenvalue weighted by Gasteiger charge is -1.94. The Hall–Kier alpha value is -3.28. The maximum absolute atomic E-state index is 5.51. The van der Waals surface area contributed by atoms with E-state index in [2.05, 4.69) is 20.4 Å². The molecule has 2 aromatic heterocycles. The minimum Gasteiger partial charge on any atom is -0.444 e. The predicted molar refractivity (Wildman–Crippen MR) is 84.3 cm³/mol. The molecule has 0 saturated heterocycles. The van der Waals surface area contributed by atoms with E-state index in [1.54, 1.807) is 6.26 Å². The summed E-state index contributed by atoms with van der Waals surface area (Å²) >= 11 is 0. The van der Waals surface area contributed by atoms with Crippen molar-refractivity contribution in [3.8, 4) is 22.8 Å². The molecule has 0 N–H and O–H groups in total. The van der Waals surface area contributed by atoms with Crippen LogP contribution in [0.25, 0.3) is 22.8 Å². The van der Waals surface area contributed by atoms with Crippen molar-refractivity contribution in [3.05, 3.63) is 72.6 Å². The summed E-state index contributed by atoms with van der Waals surface area (Å²) in [5.74, 6) is 1.18. The van der Waals surface area contributed by atoms with Crippen LogP contribution < -0.4 is 0 Å². The fourth-order valence-electron chi connectivity index (χ4n) is 2.25. The lowest BCUT2D eigenvalue weighted by Crippen LogP contribution is -2.04. The van der Waals surface area contributed by atoms with Crippen molar-refractivity contribution in [1.82, 2.24) is 25.2 Å². The maximum Gasteiger partial charge on any atom is 0.226 e. The van der Waals surface area contributed by atoms with E-state index in [-0.39, 0.29) is 0 Å². The third-order valence-electron chi connectivity index (χ3n) is 3.36. The molecule has 6 heteroatoms. The SMILES string of the molecule is c1ccc(-c2nnn(Cc3coc(-c4ccccc4)n3)n2)cc1. The number of hydrogen-bond donors (Lipinski definition) is 0. The molecule has 0 aliphatic heterocycles. The van der Waals surface area contributed by atoms with E-state index in [0.717, 1.165) is 16.8 Å². The molecule has 23 heavy (non-hydrogen) atoms. The van der Waals surface area contributed by atoms with E-state index in [9.17, 15) is 0 Å². The number of benzene rings is 2. The zero-order valence-electron chi connectivity index (χ0n) is 12.2. The molecule has 0 bridgehead atoms. The van der Waals surface area contributed by atoms with Gasteiger partial charge in [-0.1, -0.05) is 48.5 Å². The molecule has 2 aromatic carbocycles. The third-order valence-corrected chi connectivity index (χ3v) is 3.36. The Kier molecular flexibility index (Phi) is 3.40. The van der Waals surface area contributed by atoms with E-state index in [4.69, 9.17) is 4.42 Å². The molecule has 0 amide bonds. The summed E-state index contributed by atoms with van der Waals surface area (Å²) in [5, 5.41) is 12.5. The fourth-order valence-corrected chi connectivity index (χ4v) is 2.25. The second-order valence-electron chi connectivity index (χ2n) is 5.02. The molecule has 0 aliphatic carbocycles. The van der Waals surface area contributed by atoms with Crippen LogP contribution in [0.5, 0.6) is 0 Å². The second-order valence-corrected chi connectivity index (χ2v) is 5.02. The van der Waals surface area contributed by atoms with E-state index in [0.29, 0.717) is 18.3 Å². The van der Waals surface area contributed by atoms with Gasteiger partial charge in [-0.25, -0.2) is 4.98 Å². The van der Waals surface area contributed by atoms with E-state index in [1.165, 1.54) is 4.80 Å². The Morgan fingerprint density at radius 3 is 2.30 bits per heavy atom. The normalized spacial score (nSPS) is 10.8. The van der Waals surface area contributed by atoms with Crippen LogP contribution in [-0.4, -0.2) is 25.2 Å². The van der Waals surface area contributed by atoms with Gasteiger partial charge in [0.15, 0.2) is 0 Å². The Morgan fingerprint density at radius 1 is 0.870 bits per heavy atom. The number of tetrazole rings is 1. The highest BCUT2D eigenvalue weighted by molar-refractivity contribution is 5.53. The van der Waals surface area contributed by atoms with E-state index < -0.39 is 0 Å². The second kappa shape index (κ2) is 5.84. The van der Waals surface area contributed by atoms with Crippen molar-refractivity contribution in [3.63, 3.8) is 0 Å². The number of oxazole rings is 1. The smallest absolute Gasteiger partial charge is 0.226 e. The molecule has 0 aliphatic rings. The zero-order valence-corrected chi connectivity index (χ0v) is 12.2. The van der Waals surface area contributed by atoms with Gasteiger partial charge in [-0.2, -0.15) is 4.80 Å². The molecule has 0 radical (unpaired) electrons. The van der Waals surface area contributed by atoms with Gasteiger partial charge >= 0.3 is 0 Å². The van der Waals surface area contributed by atoms with Gasteiger partial charge in [0.25, 0.3) is 0 Å². The zero-order chi connectivity index (χ0) is 15.5. The van der Waals surface area contributed by atoms with Crippen LogP contribution >= 0.6 is 0 Å². The Labute approximate surface area is 132 Å². The number of nitrogens with zero attached hydrogens (tertiary/aromatic N) is 5. The van der Waals surface area contributed by atoms with Crippen LogP contribution in [0.4, 0.5) is 0 Å². The number of hydrogen-bond acceptors (Lipinski definition) is 5. The standard InChI is InChI=1S/C17H13N5O/c1-3-7-13(8-4-1)16-19-21-22(20-16)11-15-12-23-17(18-15)14-9-5-2-6-10-14/h1-10,12H,11H2. The van der Waals surface area contributed by atoms with Gasteiger partial charge in [-0.3, -0.25) is 0 Å². The Morgan fingerprint density at radius 2 is 1.57 bits per heavy atom. The first-order valence-electron chi connectivity index (χ1n) is 7.21. The molecule has 112 valence electrons. The lowest BCUT2D eigenvalue weighted by molar-refractivity contribution is 0.550. The molecule has 0 unspecified atom stereocenters. The predicted octanol–water partition coefficient (Wildman–Crippen LogP) is 3.04. The average molecular weight is 303 g/mol. The van der Waals surface area contributed by atoms with Gasteiger partial charge in [0.05, 0.1) is 0 Å². The maximum atomic E-state index is 5.51. The van der Waals surface area contributed by atoms with Gasteiger partial charge in [0.2, 0.25) is 11.7 Å². The highest BCUT2D eigenvalue weighted by Gasteiger charge is 2.10. The van der Waals surface area contributed by atoms with Crippen LogP contribution in [0.2, 0.25) is 0 Å². The summed E-state index contributed by atoms with van der Waals surface area (Å²) in [6.07, 6.45) is 1.62. The molecular weight excluding hydrogens is 290 g/mol. The Bertz CT molecular complexity index is 823. The first-order chi connectivity index (χ1) is 11.4. The minimum absolute atomic E-state index is 0.413. The summed E-state index contributed by atoms with van der Waals surface area (Å²) < 4.78 is 5.51. The van der Waals surface area contributed by atoms with Gasteiger partial charge in [0.1, 0.15) is 18.5 Å². The van der Waals surface area contributed by atoms with Crippen molar-refractivity contribution >= 4 is 0 Å². The fraction of sp³-hybridized carbons (Fsp3) is 0.0588. The molecule has 4 aromatic rings. The molecule has 2 heterocycles. The molecule has 4 rings (SSSR count). The van der Waals surface area contributed by atoms with Gasteiger partial charge < -0.3 is 4.42 Å². The summed E-state index contributed by atoms with van der Waals surface area (Å²) in [6, 6.07) is 19.5. The topological polar surface area (TPSA) is 69.6 Å². The molecule has 0 atom stereocenters. The van der Waals surface area contributed by atoms with Crippen LogP contribution in [-0.2, 0) is 6.54 Å². The Balaban J connectivity index is 1.53. The van der Waals surface area contributed by atoms with Gasteiger partial charge in [0, 0.05) is 11.1 Å². The molecule has 0 fully saturated rings. The molecular formula is C17H13N5O. The van der Waals surface area contributed by atoms with Gasteiger partial charge in [-0.15, -0.1) is 10.2 Å². The highest BCUT2D eigenvalue weighted by Crippen LogP contribution is 2.18. The first-order valence-corrected chi connectivity index (χ1v) is 7.21. The van der Waals surface area contributed by atoms with Crippen molar-refractivity contribution in [2.75, 3.05) is 0 Å². The van der Waals surface area contributed by atoms with Crippen molar-refractivity contribution in [1.29, 1.82) is 0 Å². The summed E-state index contributed by atoms with van der Waals surface area (Å²) in [7, 11) is 0. The largest absolute Gasteiger partial charge is 0.444 e. The summed E-state index contributed by atoms with van der Waals surface area (Å²) in [6.45, 7) is 0.413. The van der Waals surface area contributed by atoms with Gasteiger partial charge in [-0.05, 0) is 17.3 Å². The number of aromatic nitrogens is 5. The summed E-state index contributed by atoms with van der Waals surface area (Å²) in [5.41, 5.74) is 2.63. The lowest BCUT2D eigenvalue weighted by atomic mass is 10.2. The molecule has 0 spiro atoms. The quantitative estimate of drug-likeness (QED) is 0.579. The van der Waals surface area contributed by atoms with E-state index in [1.807, 2.05) is 60.7 Å². The van der Waals surface area contributed by atoms with Crippen molar-refractivity contribution in [2.24, 2.45) is 0 Å². The third kappa shape index (κ3) is 2.87. The van der Waals surface area contributed by atoms with Crippen LogP contribution in [0, 0.1) is 0 Å². The molecule has 6 nitrogen and oxygen atoms in total.